The van der Waals surface area contributed by atoms with E-state index in [0.29, 0.717) is 17.6 Å². The van der Waals surface area contributed by atoms with Gasteiger partial charge >= 0.3 is 0 Å². The summed E-state index contributed by atoms with van der Waals surface area (Å²) >= 11 is 5.95. The molecule has 3 aromatic rings. The summed E-state index contributed by atoms with van der Waals surface area (Å²) < 4.78 is 37.3. The van der Waals surface area contributed by atoms with Gasteiger partial charge in [-0.2, -0.15) is 0 Å². The van der Waals surface area contributed by atoms with E-state index in [1.165, 1.54) is 31.5 Å². The topological polar surface area (TPSA) is 77.5 Å². The van der Waals surface area contributed by atoms with E-state index in [-0.39, 0.29) is 21.9 Å². The number of nitrogens with zero attached hydrogens (tertiary/aromatic N) is 1. The van der Waals surface area contributed by atoms with Crippen LogP contribution in [0.1, 0.15) is 15.9 Å². The summed E-state index contributed by atoms with van der Waals surface area (Å²) in [6.45, 7) is -0.425. The van der Waals surface area contributed by atoms with Crippen LogP contribution in [0.15, 0.2) is 54.7 Å². The van der Waals surface area contributed by atoms with Crippen LogP contribution in [-0.4, -0.2) is 30.4 Å². The fraction of sp³-hybridized carbons (Fsp3) is 0.0952. The zero-order valence-electron chi connectivity index (χ0n) is 15.6. The Bertz CT molecular complexity index is 1070. The van der Waals surface area contributed by atoms with Gasteiger partial charge in [0.2, 0.25) is 5.88 Å². The van der Waals surface area contributed by atoms with Gasteiger partial charge in [0.1, 0.15) is 17.4 Å². The van der Waals surface area contributed by atoms with Crippen molar-refractivity contribution in [3.8, 4) is 11.6 Å². The number of carbonyl (C=O) groups is 2. The number of benzene rings is 2. The van der Waals surface area contributed by atoms with Crippen molar-refractivity contribution in [2.24, 2.45) is 0 Å². The molecule has 1 aromatic heterocycles. The maximum atomic E-state index is 13.5. The molecule has 0 saturated heterocycles. The first kappa shape index (κ1) is 21.2. The highest BCUT2D eigenvalue weighted by Gasteiger charge is 2.18. The van der Waals surface area contributed by atoms with Crippen LogP contribution in [0, 0.1) is 11.6 Å². The fourth-order valence-electron chi connectivity index (χ4n) is 2.56. The van der Waals surface area contributed by atoms with Crippen LogP contribution >= 0.6 is 11.6 Å². The maximum absolute atomic E-state index is 13.5. The second-order valence-corrected chi connectivity index (χ2v) is 6.49. The quantitative estimate of drug-likeness (QED) is 0.564. The molecule has 0 aliphatic carbocycles. The molecule has 0 bridgehead atoms. The van der Waals surface area contributed by atoms with Crippen LogP contribution in [0.3, 0.4) is 0 Å². The third-order valence-corrected chi connectivity index (χ3v) is 4.13. The van der Waals surface area contributed by atoms with E-state index in [1.807, 2.05) is 0 Å². The van der Waals surface area contributed by atoms with Gasteiger partial charge in [0.15, 0.2) is 12.4 Å². The Morgan fingerprint density at radius 1 is 1.07 bits per heavy atom. The number of anilines is 1. The second kappa shape index (κ2) is 9.32. The molecule has 1 heterocycles. The van der Waals surface area contributed by atoms with E-state index in [2.05, 4.69) is 10.3 Å². The number of hydrogen-bond acceptors (Lipinski definition) is 5. The number of carbonyl (C=O) groups excluding carboxylic acids is 2. The average molecular weight is 433 g/mol. The summed E-state index contributed by atoms with van der Waals surface area (Å²) in [5.41, 5.74) is 0.173. The summed E-state index contributed by atoms with van der Waals surface area (Å²) in [7, 11) is 1.47. The molecule has 9 heteroatoms. The molecule has 30 heavy (non-hydrogen) atoms. The molecular formula is C21H15ClF2N2O4. The van der Waals surface area contributed by atoms with Gasteiger partial charge in [0.05, 0.1) is 24.6 Å². The van der Waals surface area contributed by atoms with Gasteiger partial charge in [0, 0.05) is 22.7 Å². The molecule has 154 valence electrons. The number of ether oxygens (including phenoxy) is 2. The number of methoxy groups -OCH3 is 1. The molecule has 0 aliphatic rings. The zero-order valence-corrected chi connectivity index (χ0v) is 16.4. The van der Waals surface area contributed by atoms with Gasteiger partial charge < -0.3 is 14.8 Å². The molecule has 0 saturated carbocycles. The minimum absolute atomic E-state index is 0.0357. The Balaban J connectivity index is 1.74. The third-order valence-electron chi connectivity index (χ3n) is 3.90. The van der Waals surface area contributed by atoms with Gasteiger partial charge in [-0.15, -0.1) is 0 Å². The van der Waals surface area contributed by atoms with Crippen LogP contribution in [0.25, 0.3) is 0 Å². The molecule has 0 radical (unpaired) electrons. The van der Waals surface area contributed by atoms with Crippen LogP contribution in [0.5, 0.6) is 11.6 Å². The molecule has 0 aliphatic heterocycles. The predicted molar refractivity (Wildman–Crippen MR) is 106 cm³/mol. The summed E-state index contributed by atoms with van der Waals surface area (Å²) in [5.74, 6) is -2.57. The molecule has 1 N–H and O–H groups in total. The largest absolute Gasteiger partial charge is 0.483 e. The highest BCUT2D eigenvalue weighted by atomic mass is 35.5. The van der Waals surface area contributed by atoms with Crippen molar-refractivity contribution in [2.75, 3.05) is 19.0 Å². The number of ketones is 1. The van der Waals surface area contributed by atoms with Crippen molar-refractivity contribution in [1.29, 1.82) is 0 Å². The summed E-state index contributed by atoms with van der Waals surface area (Å²) in [4.78, 5) is 28.8. The molecule has 0 atom stereocenters. The monoisotopic (exact) mass is 432 g/mol. The summed E-state index contributed by atoms with van der Waals surface area (Å²) in [6, 6.07) is 9.79. The molecule has 3 rings (SSSR count). The first-order valence-electron chi connectivity index (χ1n) is 8.59. The van der Waals surface area contributed by atoms with Crippen molar-refractivity contribution < 1.29 is 27.8 Å². The van der Waals surface area contributed by atoms with Gasteiger partial charge in [-0.25, -0.2) is 13.8 Å². The number of amides is 1. The van der Waals surface area contributed by atoms with Crippen molar-refractivity contribution in [2.45, 2.75) is 0 Å². The van der Waals surface area contributed by atoms with Crippen molar-refractivity contribution in [1.82, 2.24) is 4.98 Å². The summed E-state index contributed by atoms with van der Waals surface area (Å²) in [6.07, 6.45) is 1.41. The first-order chi connectivity index (χ1) is 14.4. The number of aromatic nitrogens is 1. The Morgan fingerprint density at radius 3 is 2.43 bits per heavy atom. The van der Waals surface area contributed by atoms with Gasteiger partial charge in [0.25, 0.3) is 5.91 Å². The highest BCUT2D eigenvalue weighted by molar-refractivity contribution is 6.31. The van der Waals surface area contributed by atoms with Crippen molar-refractivity contribution in [3.63, 3.8) is 0 Å². The number of pyridine rings is 1. The SMILES string of the molecule is COc1ccc(NC(=O)COc2ccc(Cl)cc2C(=O)c2cc(F)cc(F)c2)cn1. The number of nitrogens with one attached hydrogen (secondary N) is 1. The Morgan fingerprint density at radius 2 is 1.80 bits per heavy atom. The van der Waals surface area contributed by atoms with Gasteiger partial charge in [-0.3, -0.25) is 9.59 Å². The van der Waals surface area contributed by atoms with E-state index in [1.54, 1.807) is 12.1 Å². The Hall–Kier alpha value is -3.52. The lowest BCUT2D eigenvalue weighted by molar-refractivity contribution is -0.118. The van der Waals surface area contributed by atoms with Crippen LogP contribution in [0.4, 0.5) is 14.5 Å². The van der Waals surface area contributed by atoms with E-state index in [0.717, 1.165) is 12.1 Å². The number of hydrogen-bond donors (Lipinski definition) is 1. The minimum atomic E-state index is -0.893. The fourth-order valence-corrected chi connectivity index (χ4v) is 2.73. The molecule has 0 fully saturated rings. The van der Waals surface area contributed by atoms with Gasteiger partial charge in [-0.1, -0.05) is 11.6 Å². The molecule has 6 nitrogen and oxygen atoms in total. The van der Waals surface area contributed by atoms with Crippen LogP contribution in [-0.2, 0) is 4.79 Å². The van der Waals surface area contributed by atoms with Gasteiger partial charge in [-0.05, 0) is 36.4 Å². The Kier molecular flexibility index (Phi) is 6.58. The predicted octanol–water partition coefficient (Wildman–Crippen LogP) is 4.27. The van der Waals surface area contributed by atoms with Crippen LogP contribution < -0.4 is 14.8 Å². The standard InChI is InChI=1S/C21H15ClF2N2O4/c1-29-20-5-3-16(10-25-20)26-19(27)11-30-18-4-2-13(22)8-17(18)21(28)12-6-14(23)9-15(24)7-12/h2-10H,11H2,1H3,(H,26,27). The zero-order chi connectivity index (χ0) is 21.7. The lowest BCUT2D eigenvalue weighted by atomic mass is 10.0. The van der Waals surface area contributed by atoms with E-state index >= 15 is 0 Å². The second-order valence-electron chi connectivity index (χ2n) is 6.05. The maximum Gasteiger partial charge on any atom is 0.262 e. The lowest BCUT2D eigenvalue weighted by Gasteiger charge is -2.12. The molecular weight excluding hydrogens is 418 g/mol. The van der Waals surface area contributed by atoms with Crippen molar-refractivity contribution in [3.05, 3.63) is 82.5 Å². The first-order valence-corrected chi connectivity index (χ1v) is 8.96. The van der Waals surface area contributed by atoms with E-state index in [9.17, 15) is 18.4 Å². The molecule has 1 amide bonds. The smallest absolute Gasteiger partial charge is 0.262 e. The molecule has 2 aromatic carbocycles. The molecule has 0 unspecified atom stereocenters. The Labute approximate surface area is 175 Å². The number of halogens is 3. The molecule has 0 spiro atoms. The van der Waals surface area contributed by atoms with E-state index in [4.69, 9.17) is 21.1 Å². The lowest BCUT2D eigenvalue weighted by Crippen LogP contribution is -2.21. The summed E-state index contributed by atoms with van der Waals surface area (Å²) in [5, 5.41) is 2.80. The van der Waals surface area contributed by atoms with E-state index < -0.39 is 29.9 Å². The average Bonchev–Trinajstić information content (AvgIpc) is 2.72. The third kappa shape index (κ3) is 5.30. The minimum Gasteiger partial charge on any atom is -0.483 e. The highest BCUT2D eigenvalue weighted by Crippen LogP contribution is 2.26. The number of rotatable bonds is 7. The van der Waals surface area contributed by atoms with Crippen LogP contribution in [0.2, 0.25) is 5.02 Å². The normalized spacial score (nSPS) is 10.4. The van der Waals surface area contributed by atoms with Crippen molar-refractivity contribution >= 4 is 29.0 Å².